The third kappa shape index (κ3) is 1.95. The van der Waals surface area contributed by atoms with E-state index in [-0.39, 0.29) is 17.5 Å². The summed E-state index contributed by atoms with van der Waals surface area (Å²) in [5, 5.41) is 1.23. The largest absolute Gasteiger partial charge is 0.294 e. The molecule has 0 unspecified atom stereocenters. The lowest BCUT2D eigenvalue weighted by Crippen LogP contribution is -2.10. The topological polar surface area (TPSA) is 17.1 Å². The summed E-state index contributed by atoms with van der Waals surface area (Å²) in [6.07, 6.45) is 0. The molecule has 0 saturated heterocycles. The molecular weight excluding hydrogens is 215 g/mol. The molecule has 1 nitrogen and oxygen atoms in total. The second kappa shape index (κ2) is 4.28. The average Bonchev–Trinajstić information content (AvgIpc) is 2.28. The van der Waals surface area contributed by atoms with Gasteiger partial charge in [-0.1, -0.05) is 38.1 Å². The van der Waals surface area contributed by atoms with Crippen LogP contribution in [0.15, 0.2) is 30.3 Å². The van der Waals surface area contributed by atoms with Crippen LogP contribution in [0.5, 0.6) is 0 Å². The molecule has 2 aromatic carbocycles. The van der Waals surface area contributed by atoms with E-state index in [1.54, 1.807) is 24.3 Å². The van der Waals surface area contributed by atoms with Gasteiger partial charge in [0.25, 0.3) is 0 Å². The number of halogens is 1. The first-order chi connectivity index (χ1) is 8.02. The number of ketones is 1. The minimum absolute atomic E-state index is 0.0682. The Labute approximate surface area is 100 Å². The van der Waals surface area contributed by atoms with Gasteiger partial charge in [-0.05, 0) is 23.9 Å². The molecule has 0 aromatic heterocycles. The van der Waals surface area contributed by atoms with Crippen molar-refractivity contribution < 1.29 is 9.18 Å². The number of Topliss-reactive ketones (excluding diaryl/α,β-unsaturated/α-hetero) is 1. The van der Waals surface area contributed by atoms with E-state index in [2.05, 4.69) is 0 Å². The molecule has 0 atom stereocenters. The maximum absolute atomic E-state index is 13.7. The highest BCUT2D eigenvalue weighted by Gasteiger charge is 2.17. The highest BCUT2D eigenvalue weighted by molar-refractivity contribution is 6.10. The summed E-state index contributed by atoms with van der Waals surface area (Å²) in [7, 11) is 0. The molecule has 0 heterocycles. The Morgan fingerprint density at radius 2 is 1.82 bits per heavy atom. The van der Waals surface area contributed by atoms with Gasteiger partial charge >= 0.3 is 0 Å². The van der Waals surface area contributed by atoms with Gasteiger partial charge in [-0.3, -0.25) is 4.79 Å². The quantitative estimate of drug-likeness (QED) is 0.709. The Hall–Kier alpha value is -1.70. The molecule has 0 aliphatic carbocycles. The van der Waals surface area contributed by atoms with Crippen molar-refractivity contribution in [2.75, 3.05) is 0 Å². The highest BCUT2D eigenvalue weighted by atomic mass is 19.1. The van der Waals surface area contributed by atoms with Crippen LogP contribution in [0.2, 0.25) is 0 Å². The lowest BCUT2D eigenvalue weighted by molar-refractivity contribution is 0.0940. The SMILES string of the molecule is Cc1ccc2c(F)cccc2c1C(=O)C(C)C. The molecule has 2 rings (SSSR count). The van der Waals surface area contributed by atoms with Crippen molar-refractivity contribution in [2.45, 2.75) is 20.8 Å². The van der Waals surface area contributed by atoms with Gasteiger partial charge in [0.2, 0.25) is 0 Å². The molecule has 0 spiro atoms. The number of benzene rings is 2. The molecule has 17 heavy (non-hydrogen) atoms. The van der Waals surface area contributed by atoms with E-state index in [1.165, 1.54) is 6.07 Å². The summed E-state index contributed by atoms with van der Waals surface area (Å²) >= 11 is 0. The Kier molecular flexibility index (Phi) is 2.97. The normalized spacial score (nSPS) is 11.1. The molecule has 0 amide bonds. The lowest BCUT2D eigenvalue weighted by Gasteiger charge is -2.11. The fourth-order valence-corrected chi connectivity index (χ4v) is 2.04. The summed E-state index contributed by atoms with van der Waals surface area (Å²) in [6, 6.07) is 8.41. The first-order valence-electron chi connectivity index (χ1n) is 5.74. The number of aryl methyl sites for hydroxylation is 1. The average molecular weight is 230 g/mol. The van der Waals surface area contributed by atoms with Gasteiger partial charge < -0.3 is 0 Å². The van der Waals surface area contributed by atoms with Crippen LogP contribution in [0.3, 0.4) is 0 Å². The predicted molar refractivity (Wildman–Crippen MR) is 67.8 cm³/mol. The highest BCUT2D eigenvalue weighted by Crippen LogP contribution is 2.26. The van der Waals surface area contributed by atoms with Crippen LogP contribution < -0.4 is 0 Å². The summed E-state index contributed by atoms with van der Waals surface area (Å²) < 4.78 is 13.7. The first-order valence-corrected chi connectivity index (χ1v) is 5.74. The molecule has 0 radical (unpaired) electrons. The monoisotopic (exact) mass is 230 g/mol. The number of carbonyl (C=O) groups excluding carboxylic acids is 1. The number of hydrogen-bond acceptors (Lipinski definition) is 1. The van der Waals surface area contributed by atoms with Gasteiger partial charge in [0.15, 0.2) is 5.78 Å². The fraction of sp³-hybridized carbons (Fsp3) is 0.267. The van der Waals surface area contributed by atoms with Gasteiger partial charge in [0.1, 0.15) is 5.82 Å². The van der Waals surface area contributed by atoms with E-state index in [4.69, 9.17) is 0 Å². The van der Waals surface area contributed by atoms with Crippen LogP contribution in [-0.2, 0) is 0 Å². The molecule has 88 valence electrons. The molecule has 0 fully saturated rings. The van der Waals surface area contributed by atoms with Crippen molar-refractivity contribution in [3.8, 4) is 0 Å². The summed E-state index contributed by atoms with van der Waals surface area (Å²) in [5.41, 5.74) is 1.55. The predicted octanol–water partition coefficient (Wildman–Crippen LogP) is 4.13. The number of carbonyl (C=O) groups is 1. The number of hydrogen-bond donors (Lipinski definition) is 0. The van der Waals surface area contributed by atoms with E-state index in [9.17, 15) is 9.18 Å². The second-order valence-electron chi connectivity index (χ2n) is 4.61. The molecule has 0 aliphatic rings. The standard InChI is InChI=1S/C15H15FO/c1-9(2)15(17)14-10(3)7-8-11-12(14)5-4-6-13(11)16/h4-9H,1-3H3. The Morgan fingerprint density at radius 1 is 1.12 bits per heavy atom. The fourth-order valence-electron chi connectivity index (χ4n) is 2.04. The maximum atomic E-state index is 13.7. The second-order valence-corrected chi connectivity index (χ2v) is 4.61. The van der Waals surface area contributed by atoms with Gasteiger partial charge in [-0.15, -0.1) is 0 Å². The molecule has 0 saturated carbocycles. The van der Waals surface area contributed by atoms with Crippen LogP contribution in [0.4, 0.5) is 4.39 Å². The van der Waals surface area contributed by atoms with Crippen LogP contribution in [0.1, 0.15) is 29.8 Å². The Bertz CT molecular complexity index is 585. The van der Waals surface area contributed by atoms with E-state index in [0.717, 1.165) is 5.56 Å². The van der Waals surface area contributed by atoms with Crippen molar-refractivity contribution in [1.82, 2.24) is 0 Å². The number of fused-ring (bicyclic) bond motifs is 1. The number of rotatable bonds is 2. The van der Waals surface area contributed by atoms with E-state index < -0.39 is 0 Å². The van der Waals surface area contributed by atoms with Crippen molar-refractivity contribution >= 4 is 16.6 Å². The van der Waals surface area contributed by atoms with Crippen LogP contribution in [-0.4, -0.2) is 5.78 Å². The van der Waals surface area contributed by atoms with Crippen molar-refractivity contribution in [1.29, 1.82) is 0 Å². The lowest BCUT2D eigenvalue weighted by atomic mass is 9.92. The third-order valence-electron chi connectivity index (χ3n) is 2.99. The summed E-state index contributed by atoms with van der Waals surface area (Å²) in [4.78, 5) is 12.2. The van der Waals surface area contributed by atoms with E-state index in [0.29, 0.717) is 16.3 Å². The molecule has 0 N–H and O–H groups in total. The van der Waals surface area contributed by atoms with Crippen molar-refractivity contribution in [2.24, 2.45) is 5.92 Å². The molecule has 2 aromatic rings. The van der Waals surface area contributed by atoms with Crippen LogP contribution in [0.25, 0.3) is 10.8 Å². The van der Waals surface area contributed by atoms with Gasteiger partial charge in [0.05, 0.1) is 0 Å². The minimum atomic E-state index is -0.277. The zero-order valence-corrected chi connectivity index (χ0v) is 10.3. The van der Waals surface area contributed by atoms with Crippen molar-refractivity contribution in [3.05, 3.63) is 47.3 Å². The zero-order valence-electron chi connectivity index (χ0n) is 10.3. The summed E-state index contributed by atoms with van der Waals surface area (Å²) in [5.74, 6) is -0.290. The zero-order chi connectivity index (χ0) is 12.6. The van der Waals surface area contributed by atoms with Crippen LogP contribution >= 0.6 is 0 Å². The third-order valence-corrected chi connectivity index (χ3v) is 2.99. The van der Waals surface area contributed by atoms with Gasteiger partial charge in [0, 0.05) is 16.9 Å². The Morgan fingerprint density at radius 3 is 2.47 bits per heavy atom. The summed E-state index contributed by atoms with van der Waals surface area (Å²) in [6.45, 7) is 5.61. The van der Waals surface area contributed by atoms with Crippen molar-refractivity contribution in [3.63, 3.8) is 0 Å². The smallest absolute Gasteiger partial charge is 0.166 e. The van der Waals surface area contributed by atoms with Gasteiger partial charge in [-0.25, -0.2) is 4.39 Å². The maximum Gasteiger partial charge on any atom is 0.166 e. The first kappa shape index (κ1) is 11.8. The molecule has 0 bridgehead atoms. The van der Waals surface area contributed by atoms with Gasteiger partial charge in [-0.2, -0.15) is 0 Å². The molecular formula is C15H15FO. The van der Waals surface area contributed by atoms with Crippen LogP contribution in [0, 0.1) is 18.7 Å². The molecule has 0 aliphatic heterocycles. The minimum Gasteiger partial charge on any atom is -0.294 e. The van der Waals surface area contributed by atoms with E-state index >= 15 is 0 Å². The van der Waals surface area contributed by atoms with E-state index in [1.807, 2.05) is 20.8 Å². The molecule has 2 heteroatoms. The Balaban J connectivity index is 2.81.